The normalized spacial score (nSPS) is 15.2. The number of anilines is 1. The Labute approximate surface area is 148 Å². The molecule has 0 radical (unpaired) electrons. The van der Waals surface area contributed by atoms with Gasteiger partial charge < -0.3 is 10.1 Å². The molecule has 1 fully saturated rings. The Morgan fingerprint density at radius 2 is 2.08 bits per heavy atom. The van der Waals surface area contributed by atoms with Gasteiger partial charge in [-0.3, -0.25) is 10.1 Å². The Morgan fingerprint density at radius 3 is 2.84 bits per heavy atom. The molecule has 0 spiro atoms. The van der Waals surface area contributed by atoms with Crippen LogP contribution in [-0.2, 0) is 4.79 Å². The number of ether oxygens (including phenoxy) is 1. The number of carbonyl (C=O) groups is 1. The van der Waals surface area contributed by atoms with Gasteiger partial charge in [-0.1, -0.05) is 12.1 Å². The van der Waals surface area contributed by atoms with E-state index in [1.165, 1.54) is 0 Å². The van der Waals surface area contributed by atoms with Crippen molar-refractivity contribution in [1.29, 1.82) is 0 Å². The van der Waals surface area contributed by atoms with Gasteiger partial charge in [-0.2, -0.15) is 0 Å². The third-order valence-corrected chi connectivity index (χ3v) is 4.10. The third kappa shape index (κ3) is 4.76. The Kier molecular flexibility index (Phi) is 5.60. The van der Waals surface area contributed by atoms with Gasteiger partial charge in [0.05, 0.1) is 11.8 Å². The van der Waals surface area contributed by atoms with E-state index in [0.717, 1.165) is 42.9 Å². The van der Waals surface area contributed by atoms with Gasteiger partial charge in [0.25, 0.3) is 0 Å². The molecule has 0 bridgehead atoms. The maximum atomic E-state index is 12.4. The quantitative estimate of drug-likeness (QED) is 0.875. The number of hydrogen-bond donors (Lipinski definition) is 2. The van der Waals surface area contributed by atoms with Crippen molar-refractivity contribution in [2.75, 3.05) is 18.4 Å². The van der Waals surface area contributed by atoms with Crippen molar-refractivity contribution in [1.82, 2.24) is 15.3 Å². The first kappa shape index (κ1) is 17.4. The standard InChI is InChI=1S/C19H24N4O2/c1-13(2)25-16-5-3-4-15(12-16)17-8-11-21-19(22-17)23-18(24)14-6-9-20-10-7-14/h3-5,8,11-14,20H,6-7,9-10H2,1-2H3,(H,21,22,23,24). The molecule has 1 aliphatic rings. The number of rotatable bonds is 5. The molecule has 25 heavy (non-hydrogen) atoms. The van der Waals surface area contributed by atoms with Gasteiger partial charge in [0.2, 0.25) is 11.9 Å². The second-order valence-electron chi connectivity index (χ2n) is 6.47. The molecule has 0 atom stereocenters. The van der Waals surface area contributed by atoms with Crippen molar-refractivity contribution in [2.24, 2.45) is 5.92 Å². The first-order chi connectivity index (χ1) is 12.1. The van der Waals surface area contributed by atoms with Crippen LogP contribution in [0.15, 0.2) is 36.5 Å². The van der Waals surface area contributed by atoms with Crippen molar-refractivity contribution < 1.29 is 9.53 Å². The lowest BCUT2D eigenvalue weighted by atomic mass is 9.97. The molecule has 0 unspecified atom stereocenters. The SMILES string of the molecule is CC(C)Oc1cccc(-c2ccnc(NC(=O)C3CCNCC3)n2)c1. The first-order valence-corrected chi connectivity index (χ1v) is 8.73. The summed E-state index contributed by atoms with van der Waals surface area (Å²) in [4.78, 5) is 21.0. The van der Waals surface area contributed by atoms with Crippen LogP contribution in [0.25, 0.3) is 11.3 Å². The van der Waals surface area contributed by atoms with Crippen LogP contribution in [0.5, 0.6) is 5.75 Å². The highest BCUT2D eigenvalue weighted by Gasteiger charge is 2.21. The van der Waals surface area contributed by atoms with E-state index in [1.54, 1.807) is 6.20 Å². The van der Waals surface area contributed by atoms with Gasteiger partial charge in [-0.15, -0.1) is 0 Å². The lowest BCUT2D eigenvalue weighted by Gasteiger charge is -2.21. The number of aromatic nitrogens is 2. The average Bonchev–Trinajstić information content (AvgIpc) is 2.62. The van der Waals surface area contributed by atoms with Crippen LogP contribution >= 0.6 is 0 Å². The van der Waals surface area contributed by atoms with Crippen molar-refractivity contribution in [3.8, 4) is 17.0 Å². The molecule has 1 aliphatic heterocycles. The van der Waals surface area contributed by atoms with E-state index in [1.807, 2.05) is 44.2 Å². The Morgan fingerprint density at radius 1 is 1.28 bits per heavy atom. The highest BCUT2D eigenvalue weighted by atomic mass is 16.5. The minimum absolute atomic E-state index is 0.00413. The maximum Gasteiger partial charge on any atom is 0.229 e. The highest BCUT2D eigenvalue weighted by molar-refractivity contribution is 5.91. The van der Waals surface area contributed by atoms with Gasteiger partial charge in [0, 0.05) is 17.7 Å². The largest absolute Gasteiger partial charge is 0.491 e. The van der Waals surface area contributed by atoms with Crippen LogP contribution < -0.4 is 15.4 Å². The molecule has 1 aromatic carbocycles. The first-order valence-electron chi connectivity index (χ1n) is 8.73. The lowest BCUT2D eigenvalue weighted by Crippen LogP contribution is -2.34. The zero-order chi connectivity index (χ0) is 17.6. The summed E-state index contributed by atoms with van der Waals surface area (Å²) < 4.78 is 5.73. The van der Waals surface area contributed by atoms with Gasteiger partial charge in [0.15, 0.2) is 0 Å². The number of benzene rings is 1. The molecular weight excluding hydrogens is 316 g/mol. The van der Waals surface area contributed by atoms with Crippen molar-refractivity contribution in [3.05, 3.63) is 36.5 Å². The van der Waals surface area contributed by atoms with Crippen molar-refractivity contribution >= 4 is 11.9 Å². The summed E-state index contributed by atoms with van der Waals surface area (Å²) >= 11 is 0. The Balaban J connectivity index is 1.74. The molecule has 6 heteroatoms. The van der Waals surface area contributed by atoms with Crippen LogP contribution in [-0.4, -0.2) is 35.1 Å². The van der Waals surface area contributed by atoms with E-state index in [4.69, 9.17) is 4.74 Å². The number of nitrogens with zero attached hydrogens (tertiary/aromatic N) is 2. The fraction of sp³-hybridized carbons (Fsp3) is 0.421. The number of piperidine rings is 1. The highest BCUT2D eigenvalue weighted by Crippen LogP contribution is 2.23. The van der Waals surface area contributed by atoms with Crippen LogP contribution in [0.1, 0.15) is 26.7 Å². The average molecular weight is 340 g/mol. The predicted octanol–water partition coefficient (Wildman–Crippen LogP) is 2.87. The summed E-state index contributed by atoms with van der Waals surface area (Å²) in [5, 5.41) is 6.11. The fourth-order valence-corrected chi connectivity index (χ4v) is 2.88. The number of carbonyl (C=O) groups excluding carboxylic acids is 1. The zero-order valence-electron chi connectivity index (χ0n) is 14.7. The van der Waals surface area contributed by atoms with Crippen LogP contribution in [0, 0.1) is 5.92 Å². The van der Waals surface area contributed by atoms with Crippen molar-refractivity contribution in [2.45, 2.75) is 32.8 Å². The second kappa shape index (κ2) is 8.07. The van der Waals surface area contributed by atoms with Gasteiger partial charge in [-0.05, 0) is 58.0 Å². The molecule has 132 valence electrons. The van der Waals surface area contributed by atoms with E-state index in [0.29, 0.717) is 5.95 Å². The molecule has 6 nitrogen and oxygen atoms in total. The van der Waals surface area contributed by atoms with Gasteiger partial charge >= 0.3 is 0 Å². The molecule has 1 saturated heterocycles. The molecule has 0 aliphatic carbocycles. The molecule has 1 aromatic heterocycles. The third-order valence-electron chi connectivity index (χ3n) is 4.10. The number of amides is 1. The Hall–Kier alpha value is -2.47. The molecule has 2 N–H and O–H groups in total. The predicted molar refractivity (Wildman–Crippen MR) is 97.5 cm³/mol. The van der Waals surface area contributed by atoms with Crippen LogP contribution in [0.3, 0.4) is 0 Å². The summed E-state index contributed by atoms with van der Waals surface area (Å²) in [6.45, 7) is 5.74. The molecular formula is C19H24N4O2. The van der Waals surface area contributed by atoms with E-state index in [9.17, 15) is 4.79 Å². The van der Waals surface area contributed by atoms with E-state index in [2.05, 4.69) is 20.6 Å². The van der Waals surface area contributed by atoms with Gasteiger partial charge in [0.1, 0.15) is 5.75 Å². The molecule has 2 aromatic rings. The van der Waals surface area contributed by atoms with Crippen LogP contribution in [0.2, 0.25) is 0 Å². The zero-order valence-corrected chi connectivity index (χ0v) is 14.7. The molecule has 1 amide bonds. The molecule has 3 rings (SSSR count). The van der Waals surface area contributed by atoms with E-state index in [-0.39, 0.29) is 17.9 Å². The van der Waals surface area contributed by atoms with Crippen molar-refractivity contribution in [3.63, 3.8) is 0 Å². The monoisotopic (exact) mass is 340 g/mol. The summed E-state index contributed by atoms with van der Waals surface area (Å²) in [5.41, 5.74) is 1.68. The van der Waals surface area contributed by atoms with Gasteiger partial charge in [-0.25, -0.2) is 9.97 Å². The van der Waals surface area contributed by atoms with E-state index >= 15 is 0 Å². The minimum atomic E-state index is -0.00413. The minimum Gasteiger partial charge on any atom is -0.491 e. The summed E-state index contributed by atoms with van der Waals surface area (Å²) in [5.74, 6) is 1.16. The smallest absolute Gasteiger partial charge is 0.229 e. The molecule has 2 heterocycles. The number of nitrogens with one attached hydrogen (secondary N) is 2. The molecule has 0 saturated carbocycles. The van der Waals surface area contributed by atoms with Crippen LogP contribution in [0.4, 0.5) is 5.95 Å². The fourth-order valence-electron chi connectivity index (χ4n) is 2.88. The Bertz CT molecular complexity index is 727. The van der Waals surface area contributed by atoms with E-state index < -0.39 is 0 Å². The second-order valence-corrected chi connectivity index (χ2v) is 6.47. The lowest BCUT2D eigenvalue weighted by molar-refractivity contribution is -0.120. The summed E-state index contributed by atoms with van der Waals surface area (Å²) in [7, 11) is 0. The summed E-state index contributed by atoms with van der Waals surface area (Å²) in [6, 6.07) is 9.59. The number of hydrogen-bond acceptors (Lipinski definition) is 5. The summed E-state index contributed by atoms with van der Waals surface area (Å²) in [6.07, 6.45) is 3.47. The topological polar surface area (TPSA) is 76.1 Å². The maximum absolute atomic E-state index is 12.4.